The molecule has 0 aromatic carbocycles. The number of rotatable bonds is 2. The topological polar surface area (TPSA) is 22.0 Å². The van der Waals surface area contributed by atoms with Crippen molar-refractivity contribution < 1.29 is 8.78 Å². The van der Waals surface area contributed by atoms with Gasteiger partial charge in [0.2, 0.25) is 0 Å². The average Bonchev–Trinajstić information content (AvgIpc) is 2.04. The summed E-state index contributed by atoms with van der Waals surface area (Å²) in [5, 5.41) is 0. The van der Waals surface area contributed by atoms with Gasteiger partial charge in [0.25, 0.3) is 5.56 Å². The smallest absolute Gasteiger partial charge is 0.269 e. The van der Waals surface area contributed by atoms with Crippen molar-refractivity contribution in [2.75, 3.05) is 0 Å². The molecule has 0 saturated carbocycles. The quantitative estimate of drug-likeness (QED) is 0.696. The zero-order valence-electron chi connectivity index (χ0n) is 7.50. The zero-order valence-corrected chi connectivity index (χ0v) is 7.50. The summed E-state index contributed by atoms with van der Waals surface area (Å²) in [7, 11) is 0. The molecule has 0 amide bonds. The maximum atomic E-state index is 12.2. The standard InChI is InChI=1S/C9H11F2NO/c1-6(2)7-3-4-8(13)12(5-7)9(10)11/h3-6,9H,1-2H3. The summed E-state index contributed by atoms with van der Waals surface area (Å²) >= 11 is 0. The van der Waals surface area contributed by atoms with E-state index in [1.54, 1.807) is 6.07 Å². The molecule has 0 atom stereocenters. The molecule has 0 bridgehead atoms. The molecular weight excluding hydrogens is 176 g/mol. The molecule has 2 nitrogen and oxygen atoms in total. The number of hydrogen-bond acceptors (Lipinski definition) is 1. The fourth-order valence-electron chi connectivity index (χ4n) is 1.01. The molecule has 0 unspecified atom stereocenters. The average molecular weight is 187 g/mol. The lowest BCUT2D eigenvalue weighted by Gasteiger charge is -2.08. The molecule has 0 radical (unpaired) electrons. The minimum absolute atomic E-state index is 0.144. The van der Waals surface area contributed by atoms with Crippen LogP contribution in [0.4, 0.5) is 8.78 Å². The van der Waals surface area contributed by atoms with Crippen LogP contribution in [0.5, 0.6) is 0 Å². The van der Waals surface area contributed by atoms with E-state index in [9.17, 15) is 13.6 Å². The van der Waals surface area contributed by atoms with Crippen LogP contribution in [0.2, 0.25) is 0 Å². The van der Waals surface area contributed by atoms with E-state index in [0.717, 1.165) is 5.56 Å². The lowest BCUT2D eigenvalue weighted by Crippen LogP contribution is -2.19. The highest BCUT2D eigenvalue weighted by Crippen LogP contribution is 2.14. The Morgan fingerprint density at radius 3 is 2.38 bits per heavy atom. The Balaban J connectivity index is 3.19. The summed E-state index contributed by atoms with van der Waals surface area (Å²) in [5.41, 5.74) is 0.0688. The highest BCUT2D eigenvalue weighted by Gasteiger charge is 2.09. The van der Waals surface area contributed by atoms with Crippen LogP contribution in [0.3, 0.4) is 0 Å². The Morgan fingerprint density at radius 1 is 1.31 bits per heavy atom. The molecule has 0 fully saturated rings. The Bertz CT molecular complexity index is 344. The van der Waals surface area contributed by atoms with Gasteiger partial charge in [0.15, 0.2) is 0 Å². The summed E-state index contributed by atoms with van der Waals surface area (Å²) in [4.78, 5) is 10.9. The first-order chi connectivity index (χ1) is 6.02. The largest absolute Gasteiger partial charge is 0.321 e. The maximum absolute atomic E-state index is 12.2. The van der Waals surface area contributed by atoms with Crippen LogP contribution >= 0.6 is 0 Å². The lowest BCUT2D eigenvalue weighted by molar-refractivity contribution is 0.0660. The Kier molecular flexibility index (Phi) is 2.80. The van der Waals surface area contributed by atoms with Gasteiger partial charge in [0.05, 0.1) is 0 Å². The molecule has 0 spiro atoms. The van der Waals surface area contributed by atoms with Crippen LogP contribution in [0.15, 0.2) is 23.1 Å². The lowest BCUT2D eigenvalue weighted by atomic mass is 10.1. The summed E-state index contributed by atoms with van der Waals surface area (Å²) in [6, 6.07) is 2.74. The number of hydrogen-bond donors (Lipinski definition) is 0. The maximum Gasteiger partial charge on any atom is 0.321 e. The summed E-state index contributed by atoms with van der Waals surface area (Å²) in [6.07, 6.45) is 1.21. The van der Waals surface area contributed by atoms with Crippen molar-refractivity contribution in [3.8, 4) is 0 Å². The summed E-state index contributed by atoms with van der Waals surface area (Å²) in [5.74, 6) is 0.144. The van der Waals surface area contributed by atoms with E-state index in [1.165, 1.54) is 12.3 Å². The monoisotopic (exact) mass is 187 g/mol. The van der Waals surface area contributed by atoms with E-state index < -0.39 is 12.1 Å². The molecule has 1 heterocycles. The third kappa shape index (κ3) is 2.14. The third-order valence-electron chi connectivity index (χ3n) is 1.84. The number of nitrogens with zero attached hydrogens (tertiary/aromatic N) is 1. The van der Waals surface area contributed by atoms with Gasteiger partial charge in [0.1, 0.15) is 0 Å². The number of alkyl halides is 2. The SMILES string of the molecule is CC(C)c1ccc(=O)n(C(F)F)c1. The second-order valence-corrected chi connectivity index (χ2v) is 3.14. The molecule has 4 heteroatoms. The van der Waals surface area contributed by atoms with Crippen LogP contribution in [0.1, 0.15) is 31.9 Å². The van der Waals surface area contributed by atoms with E-state index >= 15 is 0 Å². The van der Waals surface area contributed by atoms with Crippen molar-refractivity contribution in [1.29, 1.82) is 0 Å². The normalized spacial score (nSPS) is 11.2. The van der Waals surface area contributed by atoms with Gasteiger partial charge in [-0.15, -0.1) is 0 Å². The van der Waals surface area contributed by atoms with Gasteiger partial charge in [-0.3, -0.25) is 9.36 Å². The second kappa shape index (κ2) is 3.68. The van der Waals surface area contributed by atoms with E-state index in [1.807, 2.05) is 13.8 Å². The van der Waals surface area contributed by atoms with Crippen molar-refractivity contribution in [2.24, 2.45) is 0 Å². The first-order valence-electron chi connectivity index (χ1n) is 4.02. The molecule has 1 aromatic heterocycles. The number of aromatic nitrogens is 1. The van der Waals surface area contributed by atoms with Crippen molar-refractivity contribution in [2.45, 2.75) is 26.3 Å². The van der Waals surface area contributed by atoms with Crippen LogP contribution in [-0.2, 0) is 0 Å². The van der Waals surface area contributed by atoms with E-state index in [0.29, 0.717) is 4.57 Å². The molecule has 0 N–H and O–H groups in total. The highest BCUT2D eigenvalue weighted by atomic mass is 19.3. The van der Waals surface area contributed by atoms with Crippen molar-refractivity contribution in [3.63, 3.8) is 0 Å². The Hall–Kier alpha value is -1.19. The summed E-state index contributed by atoms with van der Waals surface area (Å²) < 4.78 is 24.9. The van der Waals surface area contributed by atoms with E-state index in [-0.39, 0.29) is 5.92 Å². The van der Waals surface area contributed by atoms with Gasteiger partial charge in [0, 0.05) is 12.3 Å². The predicted molar refractivity (Wildman–Crippen MR) is 46.0 cm³/mol. The highest BCUT2D eigenvalue weighted by molar-refractivity contribution is 5.13. The van der Waals surface area contributed by atoms with Gasteiger partial charge >= 0.3 is 6.55 Å². The third-order valence-corrected chi connectivity index (χ3v) is 1.84. The predicted octanol–water partition coefficient (Wildman–Crippen LogP) is 2.37. The fourth-order valence-corrected chi connectivity index (χ4v) is 1.01. The number of halogens is 2. The van der Waals surface area contributed by atoms with E-state index in [4.69, 9.17) is 0 Å². The van der Waals surface area contributed by atoms with Gasteiger partial charge in [-0.25, -0.2) is 0 Å². The minimum atomic E-state index is -2.76. The van der Waals surface area contributed by atoms with E-state index in [2.05, 4.69) is 0 Å². The molecule has 0 aliphatic carbocycles. The minimum Gasteiger partial charge on any atom is -0.269 e. The Labute approximate surface area is 74.8 Å². The van der Waals surface area contributed by atoms with Crippen LogP contribution in [0.25, 0.3) is 0 Å². The molecular formula is C9H11F2NO. The van der Waals surface area contributed by atoms with Crippen LogP contribution < -0.4 is 5.56 Å². The molecule has 0 saturated heterocycles. The van der Waals surface area contributed by atoms with Gasteiger partial charge in [-0.2, -0.15) is 8.78 Å². The van der Waals surface area contributed by atoms with Crippen LogP contribution in [-0.4, -0.2) is 4.57 Å². The first-order valence-corrected chi connectivity index (χ1v) is 4.02. The molecule has 1 aromatic rings. The van der Waals surface area contributed by atoms with Crippen molar-refractivity contribution >= 4 is 0 Å². The zero-order chi connectivity index (χ0) is 10.0. The Morgan fingerprint density at radius 2 is 1.92 bits per heavy atom. The van der Waals surface area contributed by atoms with Gasteiger partial charge < -0.3 is 0 Å². The molecule has 1 rings (SSSR count). The van der Waals surface area contributed by atoms with Crippen LogP contribution in [0, 0.1) is 0 Å². The molecule has 0 aliphatic heterocycles. The first kappa shape index (κ1) is 9.89. The van der Waals surface area contributed by atoms with Gasteiger partial charge in [-0.05, 0) is 11.5 Å². The summed E-state index contributed by atoms with van der Waals surface area (Å²) in [6.45, 7) is 1.01. The van der Waals surface area contributed by atoms with Crippen molar-refractivity contribution in [1.82, 2.24) is 4.57 Å². The fraction of sp³-hybridized carbons (Fsp3) is 0.444. The van der Waals surface area contributed by atoms with Gasteiger partial charge in [-0.1, -0.05) is 19.9 Å². The second-order valence-electron chi connectivity index (χ2n) is 3.14. The molecule has 72 valence electrons. The van der Waals surface area contributed by atoms with Crippen molar-refractivity contribution in [3.05, 3.63) is 34.2 Å². The molecule has 0 aliphatic rings. The number of pyridine rings is 1. The molecule has 13 heavy (non-hydrogen) atoms.